The van der Waals surface area contributed by atoms with Crippen LogP contribution in [0.4, 0.5) is 11.4 Å². The van der Waals surface area contributed by atoms with E-state index in [-0.39, 0.29) is 17.0 Å². The Bertz CT molecular complexity index is 1110. The van der Waals surface area contributed by atoms with E-state index in [1.807, 2.05) is 0 Å². The van der Waals surface area contributed by atoms with Gasteiger partial charge in [-0.25, -0.2) is 12.7 Å². The molecule has 1 saturated heterocycles. The van der Waals surface area contributed by atoms with E-state index in [9.17, 15) is 18.0 Å². The molecule has 2 heterocycles. The van der Waals surface area contributed by atoms with E-state index in [0.29, 0.717) is 30.4 Å². The fourth-order valence-corrected chi connectivity index (χ4v) is 5.46. The van der Waals surface area contributed by atoms with Crippen molar-refractivity contribution in [3.63, 3.8) is 0 Å². The average molecular weight is 416 g/mol. The standard InChI is InChI=1S/C20H20N2O6S/c1-20(2)12-29(25,26)22(19(20)24)15-5-3-4-13(10-15)18(23)21-14-6-7-16-17(11-14)28-9-8-27-16/h3-7,10-11H,8-9,12H2,1-2H3,(H,21,23). The number of carbonyl (C=O) groups is 2. The summed E-state index contributed by atoms with van der Waals surface area (Å²) in [5.41, 5.74) is -0.126. The molecule has 1 N–H and O–H groups in total. The molecule has 0 spiro atoms. The lowest BCUT2D eigenvalue weighted by Crippen LogP contribution is -2.33. The van der Waals surface area contributed by atoms with Crippen LogP contribution in [0.3, 0.4) is 0 Å². The number of hydrogen-bond acceptors (Lipinski definition) is 6. The first kappa shape index (κ1) is 19.3. The molecule has 2 aliphatic rings. The Morgan fingerprint density at radius 3 is 2.48 bits per heavy atom. The molecule has 2 aromatic rings. The molecule has 0 unspecified atom stereocenters. The summed E-state index contributed by atoms with van der Waals surface area (Å²) in [6.07, 6.45) is 0. The molecule has 0 bridgehead atoms. The Hall–Kier alpha value is -3.07. The van der Waals surface area contributed by atoms with Crippen LogP contribution < -0.4 is 19.1 Å². The van der Waals surface area contributed by atoms with Gasteiger partial charge < -0.3 is 14.8 Å². The van der Waals surface area contributed by atoms with Gasteiger partial charge in [-0.2, -0.15) is 0 Å². The van der Waals surface area contributed by atoms with E-state index >= 15 is 0 Å². The summed E-state index contributed by atoms with van der Waals surface area (Å²) in [7, 11) is -3.79. The van der Waals surface area contributed by atoms with Crippen molar-refractivity contribution in [3.8, 4) is 11.5 Å². The highest BCUT2D eigenvalue weighted by molar-refractivity contribution is 7.94. The monoisotopic (exact) mass is 416 g/mol. The second-order valence-electron chi connectivity index (χ2n) is 7.57. The van der Waals surface area contributed by atoms with Crippen molar-refractivity contribution in [2.75, 3.05) is 28.6 Å². The van der Waals surface area contributed by atoms with Gasteiger partial charge in [-0.05, 0) is 44.2 Å². The van der Waals surface area contributed by atoms with Gasteiger partial charge >= 0.3 is 0 Å². The first-order chi connectivity index (χ1) is 13.7. The van der Waals surface area contributed by atoms with Crippen LogP contribution in [0, 0.1) is 5.41 Å². The summed E-state index contributed by atoms with van der Waals surface area (Å²) in [5, 5.41) is 2.75. The summed E-state index contributed by atoms with van der Waals surface area (Å²) in [4.78, 5) is 25.3. The predicted octanol–water partition coefficient (Wildman–Crippen LogP) is 2.41. The quantitative estimate of drug-likeness (QED) is 0.824. The Kier molecular flexibility index (Phi) is 4.49. The smallest absolute Gasteiger partial charge is 0.255 e. The highest BCUT2D eigenvalue weighted by Gasteiger charge is 2.49. The van der Waals surface area contributed by atoms with Crippen LogP contribution in [0.15, 0.2) is 42.5 Å². The van der Waals surface area contributed by atoms with Crippen LogP contribution in [-0.4, -0.2) is 39.2 Å². The lowest BCUT2D eigenvalue weighted by molar-refractivity contribution is -0.123. The summed E-state index contributed by atoms with van der Waals surface area (Å²) in [6.45, 7) is 4.08. The third kappa shape index (κ3) is 3.53. The molecule has 9 heteroatoms. The van der Waals surface area contributed by atoms with Crippen LogP contribution in [-0.2, 0) is 14.8 Å². The summed E-state index contributed by atoms with van der Waals surface area (Å²) in [5.74, 6) is -0.0731. The van der Waals surface area contributed by atoms with Crippen molar-refractivity contribution in [2.24, 2.45) is 5.41 Å². The molecular weight excluding hydrogens is 396 g/mol. The van der Waals surface area contributed by atoms with Gasteiger partial charge in [0, 0.05) is 17.3 Å². The number of hydrogen-bond donors (Lipinski definition) is 1. The molecule has 4 rings (SSSR count). The maximum atomic E-state index is 12.7. The molecule has 2 aliphatic heterocycles. The van der Waals surface area contributed by atoms with Crippen LogP contribution in [0.5, 0.6) is 11.5 Å². The largest absolute Gasteiger partial charge is 0.486 e. The van der Waals surface area contributed by atoms with Gasteiger partial charge in [-0.15, -0.1) is 0 Å². The second-order valence-corrected chi connectivity index (χ2v) is 9.39. The number of carbonyl (C=O) groups excluding carboxylic acids is 2. The summed E-state index contributed by atoms with van der Waals surface area (Å²) in [6, 6.07) is 11.0. The minimum absolute atomic E-state index is 0.149. The first-order valence-electron chi connectivity index (χ1n) is 9.06. The van der Waals surface area contributed by atoms with E-state index in [1.54, 1.807) is 44.2 Å². The molecule has 8 nitrogen and oxygen atoms in total. The highest BCUT2D eigenvalue weighted by Crippen LogP contribution is 2.36. The van der Waals surface area contributed by atoms with E-state index in [0.717, 1.165) is 4.31 Å². The van der Waals surface area contributed by atoms with Crippen LogP contribution in [0.2, 0.25) is 0 Å². The second kappa shape index (κ2) is 6.77. The van der Waals surface area contributed by atoms with Gasteiger partial charge in [0.2, 0.25) is 15.9 Å². The Morgan fingerprint density at radius 2 is 1.79 bits per heavy atom. The summed E-state index contributed by atoms with van der Waals surface area (Å²) >= 11 is 0. The van der Waals surface area contributed by atoms with Crippen LogP contribution in [0.1, 0.15) is 24.2 Å². The normalized spacial score (nSPS) is 19.1. The fourth-order valence-electron chi connectivity index (χ4n) is 3.36. The molecule has 0 aromatic heterocycles. The van der Waals surface area contributed by atoms with Gasteiger partial charge in [0.05, 0.1) is 16.9 Å². The SMILES string of the molecule is CC1(C)CS(=O)(=O)N(c2cccc(C(=O)Nc3ccc4c(c3)OCCO4)c2)C1=O. The van der Waals surface area contributed by atoms with Crippen molar-refractivity contribution < 1.29 is 27.5 Å². The molecule has 0 aliphatic carbocycles. The minimum Gasteiger partial charge on any atom is -0.486 e. The Balaban J connectivity index is 1.59. The molecule has 1 fully saturated rings. The van der Waals surface area contributed by atoms with E-state index in [4.69, 9.17) is 9.47 Å². The van der Waals surface area contributed by atoms with Crippen molar-refractivity contribution in [3.05, 3.63) is 48.0 Å². The van der Waals surface area contributed by atoms with Gasteiger partial charge in [0.1, 0.15) is 13.2 Å². The third-order valence-corrected chi connectivity index (χ3v) is 6.75. The first-order valence-corrected chi connectivity index (χ1v) is 10.7. The van der Waals surface area contributed by atoms with E-state index in [1.165, 1.54) is 12.1 Å². The van der Waals surface area contributed by atoms with Crippen LogP contribution >= 0.6 is 0 Å². The van der Waals surface area contributed by atoms with Crippen molar-refractivity contribution in [2.45, 2.75) is 13.8 Å². The van der Waals surface area contributed by atoms with Crippen molar-refractivity contribution >= 4 is 33.2 Å². The molecule has 152 valence electrons. The fraction of sp³-hybridized carbons (Fsp3) is 0.300. The zero-order valence-electron chi connectivity index (χ0n) is 16.0. The maximum absolute atomic E-state index is 12.7. The number of nitrogens with one attached hydrogen (secondary N) is 1. The number of amides is 2. The van der Waals surface area contributed by atoms with Crippen molar-refractivity contribution in [1.29, 1.82) is 0 Å². The lowest BCUT2D eigenvalue weighted by Gasteiger charge is -2.19. The molecule has 0 radical (unpaired) electrons. The van der Waals surface area contributed by atoms with Gasteiger partial charge in [0.15, 0.2) is 11.5 Å². The number of benzene rings is 2. The molecule has 2 amide bonds. The Morgan fingerprint density at radius 1 is 1.07 bits per heavy atom. The number of ether oxygens (including phenoxy) is 2. The number of nitrogens with zero attached hydrogens (tertiary/aromatic N) is 1. The minimum atomic E-state index is -3.79. The average Bonchev–Trinajstić information content (AvgIpc) is 2.84. The van der Waals surface area contributed by atoms with Gasteiger partial charge in [-0.1, -0.05) is 6.07 Å². The number of sulfonamides is 1. The number of fused-ring (bicyclic) bond motifs is 1. The third-order valence-electron chi connectivity index (χ3n) is 4.73. The number of anilines is 2. The predicted molar refractivity (Wildman–Crippen MR) is 107 cm³/mol. The Labute approximate surface area is 168 Å². The molecule has 29 heavy (non-hydrogen) atoms. The topological polar surface area (TPSA) is 102 Å². The zero-order valence-corrected chi connectivity index (χ0v) is 16.8. The molecular formula is C20H20N2O6S. The van der Waals surface area contributed by atoms with Gasteiger partial charge in [0.25, 0.3) is 5.91 Å². The van der Waals surface area contributed by atoms with E-state index < -0.39 is 27.3 Å². The maximum Gasteiger partial charge on any atom is 0.255 e. The molecule has 0 atom stereocenters. The lowest BCUT2D eigenvalue weighted by atomic mass is 9.95. The van der Waals surface area contributed by atoms with Gasteiger partial charge in [-0.3, -0.25) is 9.59 Å². The van der Waals surface area contributed by atoms with Crippen LogP contribution in [0.25, 0.3) is 0 Å². The highest BCUT2D eigenvalue weighted by atomic mass is 32.2. The summed E-state index contributed by atoms with van der Waals surface area (Å²) < 4.78 is 36.7. The number of rotatable bonds is 3. The zero-order chi connectivity index (χ0) is 20.8. The van der Waals surface area contributed by atoms with Crippen molar-refractivity contribution in [1.82, 2.24) is 0 Å². The molecule has 2 aromatic carbocycles. The van der Waals surface area contributed by atoms with E-state index in [2.05, 4.69) is 5.32 Å². The molecule has 0 saturated carbocycles.